The van der Waals surface area contributed by atoms with Crippen molar-refractivity contribution in [1.82, 2.24) is 5.32 Å². The van der Waals surface area contributed by atoms with Crippen LogP contribution < -0.4 is 20.7 Å². The summed E-state index contributed by atoms with van der Waals surface area (Å²) in [4.78, 5) is 52.3. The van der Waals surface area contributed by atoms with E-state index in [1.165, 1.54) is 12.1 Å². The molecule has 0 heterocycles. The van der Waals surface area contributed by atoms with Gasteiger partial charge >= 0.3 is 6.09 Å². The third kappa shape index (κ3) is 4.52. The maximum Gasteiger partial charge on any atom is 0.412 e. The highest BCUT2D eigenvalue weighted by Crippen LogP contribution is 2.53. The van der Waals surface area contributed by atoms with E-state index in [0.717, 1.165) is 0 Å². The van der Waals surface area contributed by atoms with E-state index in [4.69, 9.17) is 22.1 Å². The van der Waals surface area contributed by atoms with Crippen LogP contribution in [-0.4, -0.2) is 63.7 Å². The number of rotatable bonds is 5. The third-order valence-corrected chi connectivity index (χ3v) is 8.30. The molecule has 12 nitrogen and oxygen atoms in total. The first-order valence-electron chi connectivity index (χ1n) is 13.0. The number of halogens is 1. The maximum absolute atomic E-state index is 13.7. The Morgan fingerprint density at radius 2 is 1.81 bits per heavy atom. The molecule has 3 aliphatic carbocycles. The monoisotopic (exact) mass is 597 g/mol. The molecule has 0 saturated heterocycles. The zero-order chi connectivity index (χ0) is 30.7. The van der Waals surface area contributed by atoms with Gasteiger partial charge in [0.2, 0.25) is 5.78 Å². The predicted molar refractivity (Wildman–Crippen MR) is 150 cm³/mol. The number of anilines is 1. The van der Waals surface area contributed by atoms with E-state index >= 15 is 0 Å². The molecule has 0 aromatic heterocycles. The van der Waals surface area contributed by atoms with Crippen molar-refractivity contribution in [2.75, 3.05) is 19.0 Å². The zero-order valence-corrected chi connectivity index (χ0v) is 23.4. The third-order valence-electron chi connectivity index (χ3n) is 8.05. The summed E-state index contributed by atoms with van der Waals surface area (Å²) in [5.74, 6) is -6.81. The van der Waals surface area contributed by atoms with Crippen LogP contribution in [0.2, 0.25) is 5.02 Å². The second-order valence-corrected chi connectivity index (χ2v) is 11.2. The summed E-state index contributed by atoms with van der Waals surface area (Å²) in [6.07, 6.45) is -1.04. The lowest BCUT2D eigenvalue weighted by Gasteiger charge is -2.46. The Balaban J connectivity index is 1.54. The Labute approximate surface area is 244 Å². The lowest BCUT2D eigenvalue weighted by molar-refractivity contribution is -0.147. The Kier molecular flexibility index (Phi) is 7.15. The molecule has 3 atom stereocenters. The van der Waals surface area contributed by atoms with Gasteiger partial charge in [-0.3, -0.25) is 14.4 Å². The van der Waals surface area contributed by atoms with Crippen LogP contribution in [0.5, 0.6) is 11.5 Å². The largest absolute Gasteiger partial charge is 0.508 e. The fourth-order valence-electron chi connectivity index (χ4n) is 6.07. The number of fused-ring (bicyclic) bond motifs is 3. The molecule has 2 aromatic carbocycles. The molecule has 13 heteroatoms. The number of benzene rings is 2. The molecule has 0 radical (unpaired) electrons. The number of carbonyl (C=O) groups is 4. The molecule has 0 bridgehead atoms. The van der Waals surface area contributed by atoms with E-state index in [-0.39, 0.29) is 41.8 Å². The molecule has 220 valence electrons. The number of aromatic hydroxyl groups is 1. The summed E-state index contributed by atoms with van der Waals surface area (Å²) in [7, 11) is 3.49. The molecule has 7 N–H and O–H groups in total. The predicted octanol–water partition coefficient (Wildman–Crippen LogP) is 2.43. The Morgan fingerprint density at radius 1 is 1.14 bits per heavy atom. The first kappa shape index (κ1) is 29.0. The first-order valence-corrected chi connectivity index (χ1v) is 13.4. The highest BCUT2D eigenvalue weighted by molar-refractivity contribution is 6.30. The maximum atomic E-state index is 13.7. The van der Waals surface area contributed by atoms with Gasteiger partial charge in [-0.2, -0.15) is 0 Å². The molecule has 0 spiro atoms. The minimum atomic E-state index is -2.65. The van der Waals surface area contributed by atoms with E-state index in [1.54, 1.807) is 37.2 Å². The number of carbonyl (C=O) groups excluding carboxylic acids is 4. The van der Waals surface area contributed by atoms with Crippen molar-refractivity contribution in [3.05, 3.63) is 69.0 Å². The molecular formula is C29H28ClN3O9. The van der Waals surface area contributed by atoms with E-state index in [2.05, 4.69) is 5.32 Å². The number of ketones is 2. The van der Waals surface area contributed by atoms with Crippen LogP contribution in [0.4, 0.5) is 10.5 Å². The van der Waals surface area contributed by atoms with Gasteiger partial charge in [0, 0.05) is 54.8 Å². The van der Waals surface area contributed by atoms with Crippen molar-refractivity contribution in [2.24, 2.45) is 17.6 Å². The Hall–Kier alpha value is -4.55. The fraction of sp³-hybridized carbons (Fsp3) is 0.310. The summed E-state index contributed by atoms with van der Waals surface area (Å²) >= 11 is 5.85. The van der Waals surface area contributed by atoms with Crippen molar-refractivity contribution in [1.29, 1.82) is 0 Å². The number of nitrogens with zero attached hydrogens (tertiary/aromatic N) is 1. The molecule has 2 aromatic rings. The number of aliphatic hydroxyl groups excluding tert-OH is 2. The van der Waals surface area contributed by atoms with Gasteiger partial charge in [-0.1, -0.05) is 11.6 Å². The van der Waals surface area contributed by atoms with Gasteiger partial charge in [-0.05, 0) is 54.7 Å². The van der Waals surface area contributed by atoms with Gasteiger partial charge in [0.25, 0.3) is 5.91 Å². The van der Waals surface area contributed by atoms with E-state index < -0.39 is 70.3 Å². The van der Waals surface area contributed by atoms with Crippen LogP contribution in [0, 0.1) is 11.8 Å². The Bertz CT molecular complexity index is 1610. The van der Waals surface area contributed by atoms with E-state index in [0.29, 0.717) is 16.3 Å². The van der Waals surface area contributed by atoms with Crippen LogP contribution in [0.3, 0.4) is 0 Å². The highest BCUT2D eigenvalue weighted by atomic mass is 35.5. The van der Waals surface area contributed by atoms with Crippen LogP contribution in [-0.2, 0) is 27.3 Å². The topological polar surface area (TPSA) is 200 Å². The molecule has 2 amide bonds. The molecule has 1 saturated carbocycles. The van der Waals surface area contributed by atoms with Crippen molar-refractivity contribution in [2.45, 2.75) is 31.4 Å². The summed E-state index contributed by atoms with van der Waals surface area (Å²) in [6, 6.07) is 7.74. The van der Waals surface area contributed by atoms with Crippen molar-refractivity contribution in [3.8, 4) is 11.5 Å². The van der Waals surface area contributed by atoms with Gasteiger partial charge in [0.05, 0.1) is 5.56 Å². The number of amides is 2. The minimum absolute atomic E-state index is 0.0242. The molecule has 0 unspecified atom stereocenters. The highest BCUT2D eigenvalue weighted by Gasteiger charge is 2.60. The average Bonchev–Trinajstić information content (AvgIpc) is 2.91. The van der Waals surface area contributed by atoms with Gasteiger partial charge in [0.1, 0.15) is 28.6 Å². The van der Waals surface area contributed by atoms with Crippen LogP contribution in [0.15, 0.2) is 47.2 Å². The normalized spacial score (nSPS) is 23.1. The smallest absolute Gasteiger partial charge is 0.412 e. The van der Waals surface area contributed by atoms with E-state index in [1.807, 2.05) is 0 Å². The minimum Gasteiger partial charge on any atom is -0.508 e. The SMILES string of the molecule is CN(C)c1cc(CNC(=O)Oc2ccc(Cl)cc2)c(O)c2c1C[C@H]1C[C@H]3CC(=O)C(C(N)=O)=C(O)[C@@]3(O)C(=O)C1=C2O. The summed E-state index contributed by atoms with van der Waals surface area (Å²) in [5.41, 5.74) is 2.69. The Morgan fingerprint density at radius 3 is 2.43 bits per heavy atom. The number of Topliss-reactive ketones (excluding diaryl/α,β-unsaturated/α-hetero) is 2. The number of aliphatic hydroxyl groups is 3. The lowest BCUT2D eigenvalue weighted by atomic mass is 9.59. The number of primary amides is 1. The molecule has 0 aliphatic heterocycles. The summed E-state index contributed by atoms with van der Waals surface area (Å²) in [5, 5.41) is 47.8. The molecule has 1 fully saturated rings. The standard InChI is InChI=1S/C29H28ClN3O9/c1-33(2)18-9-13(11-32-28(40)42-16-5-3-15(30)4-6-16)23(35)21-17(18)8-12-7-14-10-19(34)22(27(31)39)26(38)29(14,41)25(37)20(12)24(21)36/h3-6,9,12,14,35-36,38,41H,7-8,10-11H2,1-2H3,(H2,31,39)(H,32,40)/t12-,14+,29+/m1/s1. The molecular weight excluding hydrogens is 570 g/mol. The summed E-state index contributed by atoms with van der Waals surface area (Å²) < 4.78 is 5.21. The zero-order valence-electron chi connectivity index (χ0n) is 22.6. The van der Waals surface area contributed by atoms with Gasteiger partial charge < -0.3 is 41.1 Å². The number of phenolic OH excluding ortho intramolecular Hbond substituents is 1. The number of nitrogens with one attached hydrogen (secondary N) is 1. The van der Waals surface area contributed by atoms with Crippen molar-refractivity contribution < 1.29 is 44.3 Å². The average molecular weight is 598 g/mol. The number of hydrogen-bond acceptors (Lipinski definition) is 10. The first-order chi connectivity index (χ1) is 19.7. The van der Waals surface area contributed by atoms with Gasteiger partial charge in [-0.15, -0.1) is 0 Å². The number of hydrogen-bond donors (Lipinski definition) is 6. The number of phenols is 1. The van der Waals surface area contributed by atoms with Crippen LogP contribution in [0.25, 0.3) is 5.76 Å². The quantitative estimate of drug-likeness (QED) is 0.278. The van der Waals surface area contributed by atoms with Crippen LogP contribution in [0.1, 0.15) is 29.5 Å². The van der Waals surface area contributed by atoms with Gasteiger partial charge in [-0.25, -0.2) is 4.79 Å². The van der Waals surface area contributed by atoms with Crippen molar-refractivity contribution in [3.63, 3.8) is 0 Å². The lowest BCUT2D eigenvalue weighted by Crippen LogP contribution is -2.58. The van der Waals surface area contributed by atoms with E-state index in [9.17, 15) is 39.6 Å². The molecule has 42 heavy (non-hydrogen) atoms. The fourth-order valence-corrected chi connectivity index (χ4v) is 6.20. The molecule has 5 rings (SSSR count). The second kappa shape index (κ2) is 10.4. The number of ether oxygens (including phenoxy) is 1. The van der Waals surface area contributed by atoms with Gasteiger partial charge in [0.15, 0.2) is 11.4 Å². The molecule has 3 aliphatic rings. The number of nitrogens with two attached hydrogens (primary N) is 1. The second-order valence-electron chi connectivity index (χ2n) is 10.8. The summed E-state index contributed by atoms with van der Waals surface area (Å²) in [6.45, 7) is -0.216. The van der Waals surface area contributed by atoms with Crippen molar-refractivity contribution >= 4 is 46.6 Å². The van der Waals surface area contributed by atoms with Crippen LogP contribution >= 0.6 is 11.6 Å².